The maximum absolute atomic E-state index is 12.6. The van der Waals surface area contributed by atoms with Gasteiger partial charge in [-0.15, -0.1) is 0 Å². The third-order valence-electron chi connectivity index (χ3n) is 4.44. The summed E-state index contributed by atoms with van der Waals surface area (Å²) >= 11 is 0. The molecule has 3 heterocycles. The molecule has 0 spiro atoms. The van der Waals surface area contributed by atoms with E-state index in [1.165, 1.54) is 0 Å². The van der Waals surface area contributed by atoms with Gasteiger partial charge in [0.15, 0.2) is 0 Å². The third kappa shape index (κ3) is 3.50. The molecule has 0 unspecified atom stereocenters. The standard InChI is InChI=1S/C18H21N3O2/c1-13-3-2-11-21(12-8-13)18(23)15-4-5-16(20-17(15)22)14-6-9-19-10-7-14/h4-7,9-10,13H,2-3,8,11-12H2,1H3,(H,20,22)/t13-/m1/s1. The van der Waals surface area contributed by atoms with Gasteiger partial charge in [-0.2, -0.15) is 0 Å². The number of carbonyl (C=O) groups excluding carboxylic acids is 1. The van der Waals surface area contributed by atoms with E-state index in [9.17, 15) is 9.59 Å². The number of carbonyl (C=O) groups is 1. The van der Waals surface area contributed by atoms with Crippen molar-refractivity contribution in [2.75, 3.05) is 13.1 Å². The largest absolute Gasteiger partial charge is 0.338 e. The number of pyridine rings is 2. The summed E-state index contributed by atoms with van der Waals surface area (Å²) in [6.45, 7) is 3.67. The first-order chi connectivity index (χ1) is 11.1. The van der Waals surface area contributed by atoms with Crippen LogP contribution in [0.25, 0.3) is 11.3 Å². The number of hydrogen-bond acceptors (Lipinski definition) is 3. The molecule has 5 heteroatoms. The van der Waals surface area contributed by atoms with Gasteiger partial charge in [-0.25, -0.2) is 0 Å². The maximum Gasteiger partial charge on any atom is 0.261 e. The molecule has 2 aromatic heterocycles. The highest BCUT2D eigenvalue weighted by molar-refractivity contribution is 5.94. The Labute approximate surface area is 135 Å². The Balaban J connectivity index is 1.83. The molecular weight excluding hydrogens is 290 g/mol. The number of amides is 1. The molecule has 0 aromatic carbocycles. The Hall–Kier alpha value is -2.43. The minimum atomic E-state index is -0.332. The average Bonchev–Trinajstić information content (AvgIpc) is 2.79. The molecule has 1 aliphatic rings. The lowest BCUT2D eigenvalue weighted by atomic mass is 10.0. The van der Waals surface area contributed by atoms with E-state index in [4.69, 9.17) is 0 Å². The molecule has 1 saturated heterocycles. The summed E-state index contributed by atoms with van der Waals surface area (Å²) in [5.41, 5.74) is 1.46. The van der Waals surface area contributed by atoms with Crippen molar-refractivity contribution in [2.24, 2.45) is 5.92 Å². The Bertz CT molecular complexity index is 739. The van der Waals surface area contributed by atoms with E-state index < -0.39 is 0 Å². The smallest absolute Gasteiger partial charge is 0.261 e. The zero-order valence-corrected chi connectivity index (χ0v) is 13.3. The molecular formula is C18H21N3O2. The second-order valence-electron chi connectivity index (χ2n) is 6.18. The number of rotatable bonds is 2. The molecule has 1 amide bonds. The molecule has 1 aliphatic heterocycles. The SMILES string of the molecule is C[C@@H]1CCCN(C(=O)c2ccc(-c3ccncc3)[nH]c2=O)CC1. The van der Waals surface area contributed by atoms with Gasteiger partial charge in [-0.1, -0.05) is 6.92 Å². The maximum atomic E-state index is 12.6. The molecule has 1 N–H and O–H groups in total. The van der Waals surface area contributed by atoms with Crippen molar-refractivity contribution in [3.63, 3.8) is 0 Å². The van der Waals surface area contributed by atoms with Crippen LogP contribution in [-0.2, 0) is 0 Å². The number of hydrogen-bond donors (Lipinski definition) is 1. The van der Waals surface area contributed by atoms with Crippen molar-refractivity contribution in [1.82, 2.24) is 14.9 Å². The zero-order valence-electron chi connectivity index (χ0n) is 13.3. The summed E-state index contributed by atoms with van der Waals surface area (Å²) in [5, 5.41) is 0. The molecule has 1 fully saturated rings. The fourth-order valence-electron chi connectivity index (χ4n) is 2.98. The fraction of sp³-hybridized carbons (Fsp3) is 0.389. The molecule has 0 radical (unpaired) electrons. The van der Waals surface area contributed by atoms with Crippen LogP contribution < -0.4 is 5.56 Å². The Morgan fingerprint density at radius 1 is 1.17 bits per heavy atom. The van der Waals surface area contributed by atoms with E-state index in [0.717, 1.165) is 37.9 Å². The molecule has 5 nitrogen and oxygen atoms in total. The fourth-order valence-corrected chi connectivity index (χ4v) is 2.98. The molecule has 1 atom stereocenters. The van der Waals surface area contributed by atoms with Gasteiger partial charge >= 0.3 is 0 Å². The Kier molecular flexibility index (Phi) is 4.55. The van der Waals surface area contributed by atoms with Crippen molar-refractivity contribution in [1.29, 1.82) is 0 Å². The van der Waals surface area contributed by atoms with Gasteiger partial charge in [-0.3, -0.25) is 14.6 Å². The van der Waals surface area contributed by atoms with Gasteiger partial charge in [0.05, 0.1) is 0 Å². The van der Waals surface area contributed by atoms with E-state index in [1.54, 1.807) is 29.4 Å². The highest BCUT2D eigenvalue weighted by Gasteiger charge is 2.21. The van der Waals surface area contributed by atoms with E-state index in [2.05, 4.69) is 16.9 Å². The lowest BCUT2D eigenvalue weighted by Gasteiger charge is -2.20. The highest BCUT2D eigenvalue weighted by Crippen LogP contribution is 2.18. The molecule has 3 rings (SSSR count). The number of aromatic nitrogens is 2. The summed E-state index contributed by atoms with van der Waals surface area (Å²) in [6, 6.07) is 7.06. The summed E-state index contributed by atoms with van der Waals surface area (Å²) in [7, 11) is 0. The third-order valence-corrected chi connectivity index (χ3v) is 4.44. The topological polar surface area (TPSA) is 66.1 Å². The molecule has 0 saturated carbocycles. The van der Waals surface area contributed by atoms with Crippen molar-refractivity contribution >= 4 is 5.91 Å². The van der Waals surface area contributed by atoms with E-state index in [-0.39, 0.29) is 17.0 Å². The van der Waals surface area contributed by atoms with Gasteiger partial charge in [0, 0.05) is 36.7 Å². The molecule has 23 heavy (non-hydrogen) atoms. The number of aromatic amines is 1. The summed E-state index contributed by atoms with van der Waals surface area (Å²) in [6.07, 6.45) is 6.48. The van der Waals surface area contributed by atoms with Crippen molar-refractivity contribution in [3.8, 4) is 11.3 Å². The van der Waals surface area contributed by atoms with E-state index >= 15 is 0 Å². The van der Waals surface area contributed by atoms with Gasteiger partial charge < -0.3 is 9.88 Å². The van der Waals surface area contributed by atoms with Crippen LogP contribution in [0.15, 0.2) is 41.5 Å². The first-order valence-corrected chi connectivity index (χ1v) is 8.08. The van der Waals surface area contributed by atoms with E-state index in [1.807, 2.05) is 12.1 Å². The van der Waals surface area contributed by atoms with Crippen LogP contribution in [0.2, 0.25) is 0 Å². The van der Waals surface area contributed by atoms with Crippen molar-refractivity contribution in [3.05, 3.63) is 52.6 Å². The number of nitrogens with zero attached hydrogens (tertiary/aromatic N) is 2. The summed E-state index contributed by atoms with van der Waals surface area (Å²) < 4.78 is 0. The van der Waals surface area contributed by atoms with Gasteiger partial charge in [-0.05, 0) is 49.4 Å². The Morgan fingerprint density at radius 3 is 2.70 bits per heavy atom. The quantitative estimate of drug-likeness (QED) is 0.927. The second-order valence-corrected chi connectivity index (χ2v) is 6.18. The van der Waals surface area contributed by atoms with Crippen molar-refractivity contribution in [2.45, 2.75) is 26.2 Å². The van der Waals surface area contributed by atoms with Crippen LogP contribution in [0.3, 0.4) is 0 Å². The minimum Gasteiger partial charge on any atom is -0.338 e. The van der Waals surface area contributed by atoms with Crippen LogP contribution in [0, 0.1) is 5.92 Å². The molecule has 120 valence electrons. The van der Waals surface area contributed by atoms with Crippen LogP contribution >= 0.6 is 0 Å². The van der Waals surface area contributed by atoms with E-state index in [0.29, 0.717) is 11.6 Å². The van der Waals surface area contributed by atoms with Crippen LogP contribution in [0.5, 0.6) is 0 Å². The normalized spacial score (nSPS) is 18.5. The summed E-state index contributed by atoms with van der Waals surface area (Å²) in [5.74, 6) is 0.474. The van der Waals surface area contributed by atoms with Gasteiger partial charge in [0.2, 0.25) is 0 Å². The predicted molar refractivity (Wildman–Crippen MR) is 89.2 cm³/mol. The van der Waals surface area contributed by atoms with Gasteiger partial charge in [0.25, 0.3) is 11.5 Å². The molecule has 0 bridgehead atoms. The predicted octanol–water partition coefficient (Wildman–Crippen LogP) is 2.70. The van der Waals surface area contributed by atoms with Crippen LogP contribution in [-0.4, -0.2) is 33.9 Å². The lowest BCUT2D eigenvalue weighted by molar-refractivity contribution is 0.0758. The minimum absolute atomic E-state index is 0.165. The Morgan fingerprint density at radius 2 is 1.96 bits per heavy atom. The summed E-state index contributed by atoms with van der Waals surface area (Å²) in [4.78, 5) is 33.5. The lowest BCUT2D eigenvalue weighted by Crippen LogP contribution is -2.35. The monoisotopic (exact) mass is 311 g/mol. The molecule has 0 aliphatic carbocycles. The van der Waals surface area contributed by atoms with Gasteiger partial charge in [0.1, 0.15) is 5.56 Å². The first-order valence-electron chi connectivity index (χ1n) is 8.08. The molecule has 2 aromatic rings. The first kappa shape index (κ1) is 15.5. The van der Waals surface area contributed by atoms with Crippen molar-refractivity contribution < 1.29 is 4.79 Å². The number of nitrogens with one attached hydrogen (secondary N) is 1. The van der Waals surface area contributed by atoms with Crippen LogP contribution in [0.1, 0.15) is 36.5 Å². The average molecular weight is 311 g/mol. The zero-order chi connectivity index (χ0) is 16.2. The second kappa shape index (κ2) is 6.77. The highest BCUT2D eigenvalue weighted by atomic mass is 16.2. The number of H-pyrrole nitrogens is 1. The number of likely N-dealkylation sites (tertiary alicyclic amines) is 1. The van der Waals surface area contributed by atoms with Crippen LogP contribution in [0.4, 0.5) is 0 Å².